The Morgan fingerprint density at radius 2 is 1.80 bits per heavy atom. The van der Waals surface area contributed by atoms with Crippen LogP contribution in [0.5, 0.6) is 0 Å². The van der Waals surface area contributed by atoms with Crippen molar-refractivity contribution in [1.82, 2.24) is 19.9 Å². The number of piperazine rings is 1. The van der Waals surface area contributed by atoms with E-state index < -0.39 is 5.60 Å². The Kier molecular flexibility index (Phi) is 4.49. The summed E-state index contributed by atoms with van der Waals surface area (Å²) in [5.74, 6) is 1.63. The topological polar surface area (TPSA) is 71.5 Å². The summed E-state index contributed by atoms with van der Waals surface area (Å²) < 4.78 is 5.45. The monoisotopic (exact) mass is 343 g/mol. The molecule has 0 aliphatic carbocycles. The number of ether oxygens (including phenoxy) is 1. The SMILES string of the molecule is Cc1cc2nc(C)nc(N3CCN(C(=O)OC(C)(C)C)CC3)c2cn1. The number of anilines is 1. The van der Waals surface area contributed by atoms with Gasteiger partial charge < -0.3 is 14.5 Å². The lowest BCUT2D eigenvalue weighted by Crippen LogP contribution is -2.50. The van der Waals surface area contributed by atoms with E-state index in [1.165, 1.54) is 0 Å². The maximum absolute atomic E-state index is 12.2. The maximum atomic E-state index is 12.2. The molecule has 7 heteroatoms. The van der Waals surface area contributed by atoms with E-state index >= 15 is 0 Å². The number of carbonyl (C=O) groups is 1. The Labute approximate surface area is 148 Å². The number of amides is 1. The van der Waals surface area contributed by atoms with Gasteiger partial charge in [-0.25, -0.2) is 14.8 Å². The largest absolute Gasteiger partial charge is 0.444 e. The molecule has 0 spiro atoms. The highest BCUT2D eigenvalue weighted by Crippen LogP contribution is 2.25. The minimum absolute atomic E-state index is 0.256. The van der Waals surface area contributed by atoms with Crippen molar-refractivity contribution in [2.24, 2.45) is 0 Å². The third kappa shape index (κ3) is 3.97. The molecule has 0 aromatic carbocycles. The standard InChI is InChI=1S/C18H25N5O2/c1-12-10-15-14(11-19-12)16(21-13(2)20-15)22-6-8-23(9-7-22)17(24)25-18(3,4)5/h10-11H,6-9H2,1-5H3. The molecular formula is C18H25N5O2. The van der Waals surface area contributed by atoms with Gasteiger partial charge in [-0.05, 0) is 40.7 Å². The molecule has 1 saturated heterocycles. The molecule has 3 heterocycles. The molecule has 0 atom stereocenters. The van der Waals surface area contributed by atoms with Crippen LogP contribution in [0.1, 0.15) is 32.3 Å². The molecule has 1 fully saturated rings. The first-order valence-corrected chi connectivity index (χ1v) is 8.57. The third-order valence-electron chi connectivity index (χ3n) is 4.04. The number of nitrogens with zero attached hydrogens (tertiary/aromatic N) is 5. The zero-order valence-corrected chi connectivity index (χ0v) is 15.5. The molecule has 2 aromatic rings. The van der Waals surface area contributed by atoms with E-state index in [9.17, 15) is 4.79 Å². The lowest BCUT2D eigenvalue weighted by molar-refractivity contribution is 0.0240. The Hall–Kier alpha value is -2.44. The fraction of sp³-hybridized carbons (Fsp3) is 0.556. The Balaban J connectivity index is 1.77. The van der Waals surface area contributed by atoms with E-state index in [0.29, 0.717) is 26.2 Å². The zero-order valence-electron chi connectivity index (χ0n) is 15.5. The summed E-state index contributed by atoms with van der Waals surface area (Å²) in [6.45, 7) is 12.1. The summed E-state index contributed by atoms with van der Waals surface area (Å²) in [6.07, 6.45) is 1.58. The first kappa shape index (κ1) is 17.4. The van der Waals surface area contributed by atoms with Crippen LogP contribution in [0, 0.1) is 13.8 Å². The van der Waals surface area contributed by atoms with Crippen molar-refractivity contribution in [2.75, 3.05) is 31.1 Å². The summed E-state index contributed by atoms with van der Waals surface area (Å²) in [4.78, 5) is 29.7. The highest BCUT2D eigenvalue weighted by atomic mass is 16.6. The van der Waals surface area contributed by atoms with Gasteiger partial charge in [-0.15, -0.1) is 0 Å². The van der Waals surface area contributed by atoms with Gasteiger partial charge in [-0.1, -0.05) is 0 Å². The number of rotatable bonds is 1. The molecule has 0 saturated carbocycles. The van der Waals surface area contributed by atoms with E-state index in [4.69, 9.17) is 4.74 Å². The smallest absolute Gasteiger partial charge is 0.410 e. The van der Waals surface area contributed by atoms with Crippen LogP contribution >= 0.6 is 0 Å². The molecule has 3 rings (SSSR count). The van der Waals surface area contributed by atoms with Crippen LogP contribution in [-0.4, -0.2) is 57.7 Å². The number of hydrogen-bond donors (Lipinski definition) is 0. The fourth-order valence-corrected chi connectivity index (χ4v) is 2.89. The second kappa shape index (κ2) is 6.46. The van der Waals surface area contributed by atoms with Crippen molar-refractivity contribution in [3.8, 4) is 0 Å². The molecule has 134 valence electrons. The number of pyridine rings is 1. The van der Waals surface area contributed by atoms with Crippen LogP contribution in [0.25, 0.3) is 10.9 Å². The Bertz CT molecular complexity index is 787. The number of hydrogen-bond acceptors (Lipinski definition) is 6. The molecule has 1 aliphatic heterocycles. The minimum atomic E-state index is -0.474. The first-order valence-electron chi connectivity index (χ1n) is 8.57. The number of fused-ring (bicyclic) bond motifs is 1. The molecule has 25 heavy (non-hydrogen) atoms. The second-order valence-electron chi connectivity index (χ2n) is 7.39. The average Bonchev–Trinajstić information content (AvgIpc) is 2.52. The van der Waals surface area contributed by atoms with Crippen molar-refractivity contribution in [2.45, 2.75) is 40.2 Å². The highest BCUT2D eigenvalue weighted by Gasteiger charge is 2.27. The Morgan fingerprint density at radius 3 is 2.44 bits per heavy atom. The quantitative estimate of drug-likeness (QED) is 0.793. The summed E-state index contributed by atoms with van der Waals surface area (Å²) in [5.41, 5.74) is 1.37. The van der Waals surface area contributed by atoms with Gasteiger partial charge in [0.15, 0.2) is 0 Å². The summed E-state index contributed by atoms with van der Waals surface area (Å²) in [6, 6.07) is 1.98. The van der Waals surface area contributed by atoms with Gasteiger partial charge in [0.1, 0.15) is 17.2 Å². The molecule has 7 nitrogen and oxygen atoms in total. The normalized spacial score (nSPS) is 15.6. The average molecular weight is 343 g/mol. The second-order valence-corrected chi connectivity index (χ2v) is 7.39. The lowest BCUT2D eigenvalue weighted by Gasteiger charge is -2.36. The molecule has 0 unspecified atom stereocenters. The minimum Gasteiger partial charge on any atom is -0.444 e. The van der Waals surface area contributed by atoms with Crippen molar-refractivity contribution < 1.29 is 9.53 Å². The van der Waals surface area contributed by atoms with Crippen LogP contribution in [0.4, 0.5) is 10.6 Å². The molecular weight excluding hydrogens is 318 g/mol. The van der Waals surface area contributed by atoms with Gasteiger partial charge in [0.25, 0.3) is 0 Å². The van der Waals surface area contributed by atoms with Crippen LogP contribution in [0.2, 0.25) is 0 Å². The first-order chi connectivity index (χ1) is 11.7. The van der Waals surface area contributed by atoms with Crippen LogP contribution in [-0.2, 0) is 4.74 Å². The van der Waals surface area contributed by atoms with Crippen LogP contribution in [0.3, 0.4) is 0 Å². The van der Waals surface area contributed by atoms with Gasteiger partial charge in [0.2, 0.25) is 0 Å². The van der Waals surface area contributed by atoms with E-state index in [2.05, 4.69) is 19.9 Å². The number of aromatic nitrogens is 3. The number of carbonyl (C=O) groups excluding carboxylic acids is 1. The van der Waals surface area contributed by atoms with Crippen molar-refractivity contribution in [3.05, 3.63) is 23.8 Å². The summed E-state index contributed by atoms with van der Waals surface area (Å²) in [7, 11) is 0. The molecule has 0 bridgehead atoms. The summed E-state index contributed by atoms with van der Waals surface area (Å²) >= 11 is 0. The van der Waals surface area contributed by atoms with E-state index in [-0.39, 0.29) is 6.09 Å². The molecule has 1 amide bonds. The highest BCUT2D eigenvalue weighted by molar-refractivity contribution is 5.89. The van der Waals surface area contributed by atoms with E-state index in [1.807, 2.05) is 46.9 Å². The predicted octanol–water partition coefficient (Wildman–Crippen LogP) is 2.70. The van der Waals surface area contributed by atoms with E-state index in [1.54, 1.807) is 4.90 Å². The zero-order chi connectivity index (χ0) is 18.2. The predicted molar refractivity (Wildman–Crippen MR) is 96.8 cm³/mol. The summed E-state index contributed by atoms with van der Waals surface area (Å²) in [5, 5.41) is 0.946. The van der Waals surface area contributed by atoms with Crippen LogP contribution < -0.4 is 4.90 Å². The molecule has 0 radical (unpaired) electrons. The Morgan fingerprint density at radius 1 is 1.12 bits per heavy atom. The van der Waals surface area contributed by atoms with Crippen molar-refractivity contribution in [3.63, 3.8) is 0 Å². The van der Waals surface area contributed by atoms with Crippen molar-refractivity contribution >= 4 is 22.8 Å². The third-order valence-corrected chi connectivity index (χ3v) is 4.04. The van der Waals surface area contributed by atoms with Gasteiger partial charge in [0, 0.05) is 38.1 Å². The van der Waals surface area contributed by atoms with Gasteiger partial charge in [0.05, 0.1) is 10.9 Å². The molecule has 1 aliphatic rings. The molecule has 0 N–H and O–H groups in total. The maximum Gasteiger partial charge on any atom is 0.410 e. The van der Waals surface area contributed by atoms with Gasteiger partial charge in [-0.2, -0.15) is 0 Å². The number of aryl methyl sites for hydroxylation is 2. The van der Waals surface area contributed by atoms with Crippen molar-refractivity contribution in [1.29, 1.82) is 0 Å². The fourth-order valence-electron chi connectivity index (χ4n) is 2.89. The molecule has 2 aromatic heterocycles. The van der Waals surface area contributed by atoms with E-state index in [0.717, 1.165) is 28.2 Å². The van der Waals surface area contributed by atoms with Gasteiger partial charge >= 0.3 is 6.09 Å². The van der Waals surface area contributed by atoms with Gasteiger partial charge in [-0.3, -0.25) is 4.98 Å². The lowest BCUT2D eigenvalue weighted by atomic mass is 10.2. The van der Waals surface area contributed by atoms with Crippen LogP contribution in [0.15, 0.2) is 12.3 Å².